The third kappa shape index (κ3) is 3.83. The average molecular weight is 273 g/mol. The highest BCUT2D eigenvalue weighted by Crippen LogP contribution is 2.07. The largest absolute Gasteiger partial charge is 0.355 e. The van der Waals surface area contributed by atoms with Crippen LogP contribution in [-0.4, -0.2) is 28.5 Å². The summed E-state index contributed by atoms with van der Waals surface area (Å²) in [5.41, 5.74) is 0. The second-order valence-electron chi connectivity index (χ2n) is 2.99. The monoisotopic (exact) mass is 272 g/mol. The van der Waals surface area contributed by atoms with Crippen molar-refractivity contribution in [1.29, 1.82) is 0 Å². The molecule has 82 valence electrons. The number of carbonyl (C=O) groups excluding carboxylic acids is 1. The summed E-state index contributed by atoms with van der Waals surface area (Å²) in [7, 11) is 0. The lowest BCUT2D eigenvalue weighted by Gasteiger charge is -2.12. The van der Waals surface area contributed by atoms with E-state index in [0.717, 1.165) is 4.47 Å². The van der Waals surface area contributed by atoms with Gasteiger partial charge in [0.05, 0.1) is 4.47 Å². The first-order valence-corrected chi connectivity index (χ1v) is 5.44. The van der Waals surface area contributed by atoms with Crippen molar-refractivity contribution in [1.82, 2.24) is 15.3 Å². The van der Waals surface area contributed by atoms with Crippen molar-refractivity contribution in [2.24, 2.45) is 0 Å². The molecule has 0 radical (unpaired) electrons. The van der Waals surface area contributed by atoms with Crippen molar-refractivity contribution in [2.45, 2.75) is 19.9 Å². The normalized spacial score (nSPS) is 11.9. The zero-order chi connectivity index (χ0) is 11.3. The number of likely N-dealkylation sites (N-methyl/N-ethyl adjacent to an activating group) is 1. The fraction of sp³-hybridized carbons (Fsp3) is 0.444. The first kappa shape index (κ1) is 11.9. The van der Waals surface area contributed by atoms with Gasteiger partial charge in [0.25, 0.3) is 0 Å². The maximum absolute atomic E-state index is 11.4. The van der Waals surface area contributed by atoms with Gasteiger partial charge in [0, 0.05) is 18.9 Å². The highest BCUT2D eigenvalue weighted by atomic mass is 79.9. The fourth-order valence-corrected chi connectivity index (χ4v) is 1.18. The summed E-state index contributed by atoms with van der Waals surface area (Å²) in [5.74, 6) is 0.376. The van der Waals surface area contributed by atoms with Crippen LogP contribution in [0.5, 0.6) is 0 Å². The van der Waals surface area contributed by atoms with Gasteiger partial charge < -0.3 is 10.6 Å². The van der Waals surface area contributed by atoms with Crippen molar-refractivity contribution < 1.29 is 4.79 Å². The zero-order valence-electron chi connectivity index (χ0n) is 8.62. The topological polar surface area (TPSA) is 66.9 Å². The highest BCUT2D eigenvalue weighted by molar-refractivity contribution is 9.10. The van der Waals surface area contributed by atoms with Gasteiger partial charge in [-0.3, -0.25) is 4.79 Å². The smallest absolute Gasteiger partial charge is 0.242 e. The predicted octanol–water partition coefficient (Wildman–Crippen LogP) is 1.18. The molecule has 15 heavy (non-hydrogen) atoms. The van der Waals surface area contributed by atoms with Crippen LogP contribution in [0.15, 0.2) is 16.9 Å². The first-order chi connectivity index (χ1) is 7.13. The Morgan fingerprint density at radius 1 is 1.53 bits per heavy atom. The van der Waals surface area contributed by atoms with Gasteiger partial charge >= 0.3 is 0 Å². The van der Waals surface area contributed by atoms with Gasteiger partial charge in [-0.15, -0.1) is 0 Å². The number of carbonyl (C=O) groups is 1. The van der Waals surface area contributed by atoms with E-state index in [1.807, 2.05) is 6.92 Å². The summed E-state index contributed by atoms with van der Waals surface area (Å²) in [6.07, 6.45) is 3.25. The Labute approximate surface area is 96.8 Å². The van der Waals surface area contributed by atoms with Crippen molar-refractivity contribution in [3.8, 4) is 0 Å². The molecule has 1 amide bonds. The molecule has 0 aliphatic carbocycles. The first-order valence-electron chi connectivity index (χ1n) is 4.65. The van der Waals surface area contributed by atoms with E-state index in [4.69, 9.17) is 0 Å². The SMILES string of the molecule is CCNC(=O)C(C)Nc1ncc(Br)cn1. The zero-order valence-corrected chi connectivity index (χ0v) is 10.2. The Morgan fingerprint density at radius 3 is 2.67 bits per heavy atom. The molecular weight excluding hydrogens is 260 g/mol. The minimum Gasteiger partial charge on any atom is -0.355 e. The number of hydrogen-bond donors (Lipinski definition) is 2. The lowest BCUT2D eigenvalue weighted by Crippen LogP contribution is -2.37. The van der Waals surface area contributed by atoms with Crippen LogP contribution in [0.1, 0.15) is 13.8 Å². The number of rotatable bonds is 4. The van der Waals surface area contributed by atoms with Gasteiger partial charge in [-0.2, -0.15) is 0 Å². The maximum atomic E-state index is 11.4. The molecule has 0 fully saturated rings. The van der Waals surface area contributed by atoms with Crippen LogP contribution in [0.25, 0.3) is 0 Å². The van der Waals surface area contributed by atoms with Crippen LogP contribution in [0.3, 0.4) is 0 Å². The third-order valence-corrected chi connectivity index (χ3v) is 2.12. The van der Waals surface area contributed by atoms with Crippen molar-refractivity contribution in [3.05, 3.63) is 16.9 Å². The predicted molar refractivity (Wildman–Crippen MR) is 61.5 cm³/mol. The highest BCUT2D eigenvalue weighted by Gasteiger charge is 2.11. The number of amides is 1. The molecule has 1 aromatic heterocycles. The van der Waals surface area contributed by atoms with E-state index in [-0.39, 0.29) is 11.9 Å². The molecule has 1 aromatic rings. The average Bonchev–Trinajstić information content (AvgIpc) is 2.22. The summed E-state index contributed by atoms with van der Waals surface area (Å²) < 4.78 is 0.804. The number of halogens is 1. The maximum Gasteiger partial charge on any atom is 0.242 e. The van der Waals surface area contributed by atoms with Crippen LogP contribution in [0.4, 0.5) is 5.95 Å². The number of nitrogens with one attached hydrogen (secondary N) is 2. The molecule has 1 atom stereocenters. The van der Waals surface area contributed by atoms with Crippen molar-refractivity contribution in [3.63, 3.8) is 0 Å². The summed E-state index contributed by atoms with van der Waals surface area (Å²) in [4.78, 5) is 19.4. The van der Waals surface area contributed by atoms with E-state index >= 15 is 0 Å². The fourth-order valence-electron chi connectivity index (χ4n) is 0.973. The van der Waals surface area contributed by atoms with Crippen LogP contribution in [0.2, 0.25) is 0 Å². The molecule has 0 aliphatic heterocycles. The van der Waals surface area contributed by atoms with E-state index in [1.165, 1.54) is 0 Å². The molecule has 1 heterocycles. The van der Waals surface area contributed by atoms with Crippen LogP contribution >= 0.6 is 15.9 Å². The Balaban J connectivity index is 2.54. The van der Waals surface area contributed by atoms with E-state index in [0.29, 0.717) is 12.5 Å². The summed E-state index contributed by atoms with van der Waals surface area (Å²) in [6, 6.07) is -0.342. The Hall–Kier alpha value is -1.17. The molecule has 5 nitrogen and oxygen atoms in total. The number of anilines is 1. The lowest BCUT2D eigenvalue weighted by atomic mass is 10.3. The van der Waals surface area contributed by atoms with Crippen LogP contribution in [0, 0.1) is 0 Å². The quantitative estimate of drug-likeness (QED) is 0.864. The molecule has 0 spiro atoms. The Bertz CT molecular complexity index is 327. The third-order valence-electron chi connectivity index (χ3n) is 1.71. The molecule has 0 aliphatic rings. The van der Waals surface area contributed by atoms with Gasteiger partial charge in [0.2, 0.25) is 11.9 Å². The minimum atomic E-state index is -0.342. The van der Waals surface area contributed by atoms with Gasteiger partial charge in [-0.1, -0.05) is 0 Å². The van der Waals surface area contributed by atoms with Gasteiger partial charge in [-0.05, 0) is 29.8 Å². The van der Waals surface area contributed by atoms with Crippen LogP contribution < -0.4 is 10.6 Å². The lowest BCUT2D eigenvalue weighted by molar-refractivity contribution is -0.121. The van der Waals surface area contributed by atoms with Gasteiger partial charge in [0.15, 0.2) is 0 Å². The minimum absolute atomic E-state index is 0.0657. The standard InChI is InChI=1S/C9H13BrN4O/c1-3-11-8(15)6(2)14-9-12-4-7(10)5-13-9/h4-6H,3H2,1-2H3,(H,11,15)(H,12,13,14). The molecule has 1 unspecified atom stereocenters. The van der Waals surface area contributed by atoms with Gasteiger partial charge in [-0.25, -0.2) is 9.97 Å². The molecule has 6 heteroatoms. The number of aromatic nitrogens is 2. The summed E-state index contributed by atoms with van der Waals surface area (Å²) >= 11 is 3.23. The van der Waals surface area contributed by atoms with Crippen LogP contribution in [-0.2, 0) is 4.79 Å². The second kappa shape index (κ2) is 5.65. The van der Waals surface area contributed by atoms with Crippen molar-refractivity contribution in [2.75, 3.05) is 11.9 Å². The van der Waals surface area contributed by atoms with Gasteiger partial charge in [0.1, 0.15) is 6.04 Å². The Morgan fingerprint density at radius 2 is 2.13 bits per heavy atom. The summed E-state index contributed by atoms with van der Waals surface area (Å²) in [5, 5.41) is 5.61. The molecule has 2 N–H and O–H groups in total. The number of nitrogens with zero attached hydrogens (tertiary/aromatic N) is 2. The van der Waals surface area contributed by atoms with E-state index in [1.54, 1.807) is 19.3 Å². The van der Waals surface area contributed by atoms with Crippen molar-refractivity contribution >= 4 is 27.8 Å². The van der Waals surface area contributed by atoms with E-state index in [2.05, 4.69) is 36.5 Å². The summed E-state index contributed by atoms with van der Waals surface area (Å²) in [6.45, 7) is 4.25. The second-order valence-corrected chi connectivity index (χ2v) is 3.90. The number of hydrogen-bond acceptors (Lipinski definition) is 4. The van der Waals surface area contributed by atoms with E-state index in [9.17, 15) is 4.79 Å². The molecular formula is C9H13BrN4O. The molecule has 0 saturated carbocycles. The molecule has 0 bridgehead atoms. The molecule has 1 rings (SSSR count). The van der Waals surface area contributed by atoms with E-state index < -0.39 is 0 Å². The molecule has 0 aromatic carbocycles. The Kier molecular flexibility index (Phi) is 4.48. The molecule has 0 saturated heterocycles.